The minimum Gasteiger partial charge on any atom is -0.351 e. The summed E-state index contributed by atoms with van der Waals surface area (Å²) in [5, 5.41) is 2.93. The molecule has 2 aliphatic rings. The normalized spacial score (nSPS) is 20.4. The van der Waals surface area contributed by atoms with Crippen molar-refractivity contribution >= 4 is 39.0 Å². The first-order valence-electron chi connectivity index (χ1n) is 12.7. The van der Waals surface area contributed by atoms with E-state index < -0.39 is 18.5 Å². The number of aliphatic imine (C=N–C) groups is 1. The molecule has 2 aromatic heterocycles. The Morgan fingerprint density at radius 2 is 1.87 bits per heavy atom. The number of halogens is 4. The first-order chi connectivity index (χ1) is 17.8. The molecular formula is C27H33BrF3N5O2. The average Bonchev–Trinajstić information content (AvgIpc) is 3.20. The molecule has 2 unspecified atom stereocenters. The molecule has 1 saturated heterocycles. The third kappa shape index (κ3) is 6.38. The van der Waals surface area contributed by atoms with Crippen molar-refractivity contribution in [3.63, 3.8) is 0 Å². The second-order valence-electron chi connectivity index (χ2n) is 10.2. The van der Waals surface area contributed by atoms with Gasteiger partial charge in [0.2, 0.25) is 0 Å². The molecule has 4 rings (SSSR count). The lowest BCUT2D eigenvalue weighted by molar-refractivity contribution is -0.139. The third-order valence-corrected chi connectivity index (χ3v) is 7.93. The van der Waals surface area contributed by atoms with Gasteiger partial charge in [0.15, 0.2) is 0 Å². The van der Waals surface area contributed by atoms with Crippen molar-refractivity contribution in [1.82, 2.24) is 19.5 Å². The molecule has 2 aromatic rings. The zero-order valence-corrected chi connectivity index (χ0v) is 23.6. The number of hydrogen-bond acceptors (Lipinski definition) is 4. The molecule has 0 saturated carbocycles. The van der Waals surface area contributed by atoms with E-state index in [9.17, 15) is 22.8 Å². The lowest BCUT2D eigenvalue weighted by atomic mass is 9.95. The van der Waals surface area contributed by atoms with Gasteiger partial charge in [-0.05, 0) is 67.4 Å². The van der Waals surface area contributed by atoms with Crippen LogP contribution in [0.3, 0.4) is 0 Å². The number of aromatic nitrogens is 1. The summed E-state index contributed by atoms with van der Waals surface area (Å²) in [7, 11) is 0. The van der Waals surface area contributed by atoms with Crippen LogP contribution in [0.2, 0.25) is 0 Å². The van der Waals surface area contributed by atoms with Gasteiger partial charge in [0.25, 0.3) is 11.8 Å². The molecule has 0 aliphatic carbocycles. The molecule has 0 spiro atoms. The van der Waals surface area contributed by atoms with Crippen LogP contribution in [0.4, 0.5) is 13.2 Å². The molecule has 2 atom stereocenters. The molecule has 7 nitrogen and oxygen atoms in total. The fraction of sp³-hybridized carbons (Fsp3) is 0.519. The number of amides is 2. The summed E-state index contributed by atoms with van der Waals surface area (Å²) in [5.41, 5.74) is 4.68. The van der Waals surface area contributed by atoms with Gasteiger partial charge < -0.3 is 14.6 Å². The number of allylic oxidation sites excluding steroid dienone is 1. The molecular weight excluding hydrogens is 563 g/mol. The first kappa shape index (κ1) is 28.5. The molecule has 1 N–H and O–H groups in total. The van der Waals surface area contributed by atoms with Gasteiger partial charge in [0.05, 0.1) is 12.3 Å². The van der Waals surface area contributed by atoms with Crippen molar-refractivity contribution in [3.05, 3.63) is 51.3 Å². The van der Waals surface area contributed by atoms with Crippen LogP contribution in [0, 0.1) is 12.8 Å². The summed E-state index contributed by atoms with van der Waals surface area (Å²) in [5.74, 6) is -1.00. The Balaban J connectivity index is 1.53. The van der Waals surface area contributed by atoms with Crippen molar-refractivity contribution in [1.29, 1.82) is 0 Å². The van der Waals surface area contributed by atoms with Crippen molar-refractivity contribution in [3.8, 4) is 0 Å². The lowest BCUT2D eigenvalue weighted by Crippen LogP contribution is -2.48. The van der Waals surface area contributed by atoms with E-state index in [0.29, 0.717) is 37.5 Å². The van der Waals surface area contributed by atoms with Crippen molar-refractivity contribution < 1.29 is 22.8 Å². The number of pyridine rings is 1. The summed E-state index contributed by atoms with van der Waals surface area (Å²) in [6.45, 7) is 10.2. The predicted octanol–water partition coefficient (Wildman–Crippen LogP) is 4.93. The van der Waals surface area contributed by atoms with E-state index >= 15 is 0 Å². The van der Waals surface area contributed by atoms with Gasteiger partial charge >= 0.3 is 6.18 Å². The number of dihydropyridines is 1. The van der Waals surface area contributed by atoms with Crippen LogP contribution in [0.25, 0.3) is 5.52 Å². The number of alkyl halides is 3. The monoisotopic (exact) mass is 595 g/mol. The second-order valence-corrected chi connectivity index (χ2v) is 11.1. The Morgan fingerprint density at radius 3 is 2.50 bits per heavy atom. The Hall–Kier alpha value is -2.50. The number of piperazine rings is 1. The Kier molecular flexibility index (Phi) is 8.49. The van der Waals surface area contributed by atoms with E-state index in [4.69, 9.17) is 0 Å². The Bertz CT molecular complexity index is 1290. The maximum absolute atomic E-state index is 13.4. The molecule has 1 fully saturated rings. The van der Waals surface area contributed by atoms with E-state index in [-0.39, 0.29) is 30.9 Å². The van der Waals surface area contributed by atoms with Gasteiger partial charge in [-0.3, -0.25) is 14.5 Å². The SMILES string of the molecule is CC1=CC(C)=NC(=O)C1CNC(=O)c1cc2cc(Br)cn2c(C(C)N2CCN(CCC(F)(F)F)CC2)c1C. The number of nitrogens with zero attached hydrogens (tertiary/aromatic N) is 4. The van der Waals surface area contributed by atoms with Crippen molar-refractivity contribution in [2.24, 2.45) is 10.9 Å². The first-order valence-corrected chi connectivity index (χ1v) is 13.5. The standard InChI is InChI=1S/C27H33BrF3N5O2/c1-16-11-17(2)33-26(38)23(16)14-32-25(37)22-13-21-12-20(28)15-36(21)24(18(22)3)19(4)35-9-7-34(8-10-35)6-5-27(29,30)31/h11-13,15,19,23H,5-10,14H2,1-4H3,(H,32,37). The van der Waals surface area contributed by atoms with E-state index in [2.05, 4.69) is 42.5 Å². The molecule has 2 aliphatic heterocycles. The van der Waals surface area contributed by atoms with Gasteiger partial charge in [-0.15, -0.1) is 0 Å². The average molecular weight is 596 g/mol. The zero-order valence-electron chi connectivity index (χ0n) is 22.0. The number of carbonyl (C=O) groups is 2. The maximum Gasteiger partial charge on any atom is 0.390 e. The minimum atomic E-state index is -4.15. The topological polar surface area (TPSA) is 69.4 Å². The Morgan fingerprint density at radius 1 is 1.18 bits per heavy atom. The fourth-order valence-electron chi connectivity index (χ4n) is 5.37. The van der Waals surface area contributed by atoms with Gasteiger partial charge in [-0.2, -0.15) is 13.2 Å². The number of carbonyl (C=O) groups excluding carboxylic acids is 2. The second kappa shape index (κ2) is 11.3. The van der Waals surface area contributed by atoms with E-state index in [1.54, 1.807) is 6.92 Å². The van der Waals surface area contributed by atoms with Gasteiger partial charge in [0, 0.05) is 78.5 Å². The van der Waals surface area contributed by atoms with E-state index in [0.717, 1.165) is 26.8 Å². The van der Waals surface area contributed by atoms with Crippen LogP contribution >= 0.6 is 15.9 Å². The molecule has 0 bridgehead atoms. The van der Waals surface area contributed by atoms with Gasteiger partial charge in [-0.1, -0.05) is 5.57 Å². The fourth-order valence-corrected chi connectivity index (χ4v) is 5.81. The largest absolute Gasteiger partial charge is 0.390 e. The van der Waals surface area contributed by atoms with Crippen LogP contribution in [-0.2, 0) is 4.79 Å². The molecule has 4 heterocycles. The number of hydrogen-bond donors (Lipinski definition) is 1. The van der Waals surface area contributed by atoms with Gasteiger partial charge in [-0.25, -0.2) is 4.99 Å². The predicted molar refractivity (Wildman–Crippen MR) is 145 cm³/mol. The highest BCUT2D eigenvalue weighted by molar-refractivity contribution is 9.10. The van der Waals surface area contributed by atoms with E-state index in [1.807, 2.05) is 43.2 Å². The van der Waals surface area contributed by atoms with Crippen molar-refractivity contribution in [2.75, 3.05) is 39.3 Å². The number of rotatable bonds is 7. The molecule has 0 aromatic carbocycles. The highest BCUT2D eigenvalue weighted by Crippen LogP contribution is 2.31. The highest BCUT2D eigenvalue weighted by Gasteiger charge is 2.31. The quantitative estimate of drug-likeness (QED) is 0.492. The highest BCUT2D eigenvalue weighted by atomic mass is 79.9. The summed E-state index contributed by atoms with van der Waals surface area (Å²) in [4.78, 5) is 33.9. The summed E-state index contributed by atoms with van der Waals surface area (Å²) in [6.07, 6.45) is -1.13. The number of fused-ring (bicyclic) bond motifs is 1. The molecule has 206 valence electrons. The molecule has 38 heavy (non-hydrogen) atoms. The van der Waals surface area contributed by atoms with Gasteiger partial charge in [0.1, 0.15) is 0 Å². The molecule has 11 heteroatoms. The molecule has 2 amide bonds. The lowest BCUT2D eigenvalue weighted by Gasteiger charge is -2.39. The van der Waals surface area contributed by atoms with Crippen molar-refractivity contribution in [2.45, 2.75) is 46.3 Å². The van der Waals surface area contributed by atoms with Crippen LogP contribution in [0.15, 0.2) is 39.4 Å². The van der Waals surface area contributed by atoms with Crippen LogP contribution in [0.1, 0.15) is 54.8 Å². The minimum absolute atomic E-state index is 0.0121. The van der Waals surface area contributed by atoms with Crippen LogP contribution < -0.4 is 5.32 Å². The Labute approximate surface area is 228 Å². The molecule has 0 radical (unpaired) electrons. The summed E-state index contributed by atoms with van der Waals surface area (Å²) in [6, 6.07) is 3.71. The smallest absolute Gasteiger partial charge is 0.351 e. The summed E-state index contributed by atoms with van der Waals surface area (Å²) >= 11 is 3.54. The maximum atomic E-state index is 13.4. The van der Waals surface area contributed by atoms with Crippen LogP contribution in [0.5, 0.6) is 0 Å². The van der Waals surface area contributed by atoms with E-state index in [1.165, 1.54) is 0 Å². The third-order valence-electron chi connectivity index (χ3n) is 7.50. The number of nitrogens with one attached hydrogen (secondary N) is 1. The van der Waals surface area contributed by atoms with Crippen LogP contribution in [-0.4, -0.2) is 77.2 Å². The zero-order chi connectivity index (χ0) is 27.8. The summed E-state index contributed by atoms with van der Waals surface area (Å²) < 4.78 is 40.9.